The molecule has 0 spiro atoms. The van der Waals surface area contributed by atoms with Crippen molar-refractivity contribution >= 4 is 41.0 Å². The zero-order valence-corrected chi connectivity index (χ0v) is 9.37. The van der Waals surface area contributed by atoms with Gasteiger partial charge in [0.2, 0.25) is 5.91 Å². The number of fused-ring (bicyclic) bond motifs is 1. The first kappa shape index (κ1) is 10.4. The SMILES string of the molecule is CC1=C(C(=O)O)SC2NC(=S)NC(=O)C12. The monoisotopic (exact) mass is 244 g/mol. The Morgan fingerprint density at radius 1 is 1.60 bits per heavy atom. The highest BCUT2D eigenvalue weighted by Crippen LogP contribution is 2.41. The molecule has 80 valence electrons. The van der Waals surface area contributed by atoms with Crippen LogP contribution >= 0.6 is 24.0 Å². The molecule has 2 unspecified atom stereocenters. The number of carboxylic acid groups (broad SMARTS) is 1. The molecule has 1 saturated heterocycles. The fourth-order valence-electron chi connectivity index (χ4n) is 1.68. The van der Waals surface area contributed by atoms with Crippen LogP contribution in [0.3, 0.4) is 0 Å². The van der Waals surface area contributed by atoms with Crippen molar-refractivity contribution in [1.82, 2.24) is 10.6 Å². The van der Waals surface area contributed by atoms with Gasteiger partial charge in [0, 0.05) is 0 Å². The number of carboxylic acids is 1. The molecule has 1 amide bonds. The van der Waals surface area contributed by atoms with Gasteiger partial charge in [-0.15, -0.1) is 0 Å². The second-order valence-corrected chi connectivity index (χ2v) is 4.86. The molecule has 2 rings (SSSR count). The van der Waals surface area contributed by atoms with Crippen LogP contribution in [0.5, 0.6) is 0 Å². The van der Waals surface area contributed by atoms with Crippen molar-refractivity contribution in [3.8, 4) is 0 Å². The summed E-state index contributed by atoms with van der Waals surface area (Å²) in [5.74, 6) is -1.66. The number of thioether (sulfide) groups is 1. The Bertz CT molecular complexity index is 405. The summed E-state index contributed by atoms with van der Waals surface area (Å²) in [5.41, 5.74) is 0.588. The topological polar surface area (TPSA) is 78.4 Å². The number of nitrogens with one attached hydrogen (secondary N) is 2. The molecule has 0 bridgehead atoms. The van der Waals surface area contributed by atoms with Crippen molar-refractivity contribution < 1.29 is 14.7 Å². The van der Waals surface area contributed by atoms with Crippen LogP contribution in [0, 0.1) is 5.92 Å². The molecule has 0 aromatic rings. The Balaban J connectivity index is 2.33. The lowest BCUT2D eigenvalue weighted by atomic mass is 9.98. The average molecular weight is 244 g/mol. The van der Waals surface area contributed by atoms with Gasteiger partial charge in [-0.3, -0.25) is 4.79 Å². The van der Waals surface area contributed by atoms with E-state index in [0.717, 1.165) is 11.8 Å². The molecule has 0 aromatic heterocycles. The fourth-order valence-corrected chi connectivity index (χ4v) is 3.29. The second-order valence-electron chi connectivity index (χ2n) is 3.30. The van der Waals surface area contributed by atoms with E-state index in [-0.39, 0.29) is 21.3 Å². The van der Waals surface area contributed by atoms with Crippen LogP contribution in [-0.2, 0) is 9.59 Å². The van der Waals surface area contributed by atoms with Gasteiger partial charge >= 0.3 is 5.97 Å². The van der Waals surface area contributed by atoms with E-state index in [4.69, 9.17) is 17.3 Å². The highest BCUT2D eigenvalue weighted by atomic mass is 32.2. The molecule has 0 aromatic carbocycles. The molecular formula is C8H8N2O3S2. The quantitative estimate of drug-likeness (QED) is 0.565. The summed E-state index contributed by atoms with van der Waals surface area (Å²) in [6.07, 6.45) is 0. The largest absolute Gasteiger partial charge is 0.477 e. The maximum absolute atomic E-state index is 11.6. The maximum Gasteiger partial charge on any atom is 0.342 e. The van der Waals surface area contributed by atoms with Crippen LogP contribution in [0.2, 0.25) is 0 Å². The molecule has 5 nitrogen and oxygen atoms in total. The van der Waals surface area contributed by atoms with Gasteiger partial charge in [-0.05, 0) is 24.7 Å². The number of thiocarbonyl (C=S) groups is 1. The van der Waals surface area contributed by atoms with Gasteiger partial charge in [0.1, 0.15) is 0 Å². The van der Waals surface area contributed by atoms with Crippen LogP contribution in [0.25, 0.3) is 0 Å². The molecule has 0 radical (unpaired) electrons. The van der Waals surface area contributed by atoms with Crippen LogP contribution in [0.4, 0.5) is 0 Å². The third-order valence-corrected chi connectivity index (χ3v) is 3.96. The van der Waals surface area contributed by atoms with Gasteiger partial charge in [0.15, 0.2) is 5.11 Å². The normalized spacial score (nSPS) is 29.7. The van der Waals surface area contributed by atoms with Crippen molar-refractivity contribution in [2.75, 3.05) is 0 Å². The van der Waals surface area contributed by atoms with Crippen molar-refractivity contribution in [3.05, 3.63) is 10.5 Å². The number of hydrogen-bond donors (Lipinski definition) is 3. The minimum atomic E-state index is -0.993. The van der Waals surface area contributed by atoms with E-state index in [1.807, 2.05) is 0 Å². The highest BCUT2D eigenvalue weighted by Gasteiger charge is 2.43. The lowest BCUT2D eigenvalue weighted by Gasteiger charge is -2.27. The second kappa shape index (κ2) is 3.49. The van der Waals surface area contributed by atoms with E-state index in [1.165, 1.54) is 0 Å². The number of hydrogen-bond acceptors (Lipinski definition) is 4. The summed E-state index contributed by atoms with van der Waals surface area (Å²) in [6.45, 7) is 1.66. The minimum Gasteiger partial charge on any atom is -0.477 e. The van der Waals surface area contributed by atoms with Gasteiger partial charge in [-0.25, -0.2) is 4.79 Å². The first-order valence-corrected chi connectivity index (χ1v) is 5.51. The Hall–Kier alpha value is -1.08. The molecular weight excluding hydrogens is 236 g/mol. The Labute approximate surface area is 95.3 Å². The first-order valence-electron chi connectivity index (χ1n) is 4.23. The summed E-state index contributed by atoms with van der Waals surface area (Å²) in [6, 6.07) is 0. The van der Waals surface area contributed by atoms with E-state index in [1.54, 1.807) is 6.92 Å². The highest BCUT2D eigenvalue weighted by molar-refractivity contribution is 8.04. The zero-order valence-electron chi connectivity index (χ0n) is 7.73. The molecule has 2 aliphatic heterocycles. The number of aliphatic carboxylic acids is 1. The molecule has 0 aliphatic carbocycles. The smallest absolute Gasteiger partial charge is 0.342 e. The molecule has 3 N–H and O–H groups in total. The van der Waals surface area contributed by atoms with E-state index in [0.29, 0.717) is 5.57 Å². The molecule has 2 heterocycles. The summed E-state index contributed by atoms with van der Waals surface area (Å²) >= 11 is 5.97. The lowest BCUT2D eigenvalue weighted by molar-refractivity contribution is -0.131. The number of rotatable bonds is 1. The molecule has 2 aliphatic rings. The van der Waals surface area contributed by atoms with Gasteiger partial charge < -0.3 is 15.7 Å². The van der Waals surface area contributed by atoms with Gasteiger partial charge in [0.05, 0.1) is 16.2 Å². The summed E-state index contributed by atoms with van der Waals surface area (Å²) in [5, 5.41) is 14.3. The number of carbonyl (C=O) groups is 2. The zero-order chi connectivity index (χ0) is 11.2. The van der Waals surface area contributed by atoms with Crippen molar-refractivity contribution in [2.45, 2.75) is 12.3 Å². The van der Waals surface area contributed by atoms with Gasteiger partial charge in [-0.2, -0.15) is 0 Å². The van der Waals surface area contributed by atoms with E-state index in [2.05, 4.69) is 10.6 Å². The Morgan fingerprint density at radius 3 is 2.87 bits per heavy atom. The van der Waals surface area contributed by atoms with E-state index in [9.17, 15) is 9.59 Å². The van der Waals surface area contributed by atoms with Crippen molar-refractivity contribution in [1.29, 1.82) is 0 Å². The molecule has 7 heteroatoms. The average Bonchev–Trinajstić information content (AvgIpc) is 2.42. The number of amides is 1. The third-order valence-electron chi connectivity index (χ3n) is 2.36. The minimum absolute atomic E-state index is 0.231. The summed E-state index contributed by atoms with van der Waals surface area (Å²) in [7, 11) is 0. The van der Waals surface area contributed by atoms with Gasteiger partial charge in [0.25, 0.3) is 0 Å². The molecule has 1 fully saturated rings. The predicted octanol–water partition coefficient (Wildman–Crippen LogP) is 0.0384. The first-order chi connectivity index (χ1) is 7.00. The Kier molecular flexibility index (Phi) is 2.43. The third kappa shape index (κ3) is 1.61. The number of carbonyl (C=O) groups excluding carboxylic acids is 1. The van der Waals surface area contributed by atoms with Crippen LogP contribution in [-0.4, -0.2) is 27.5 Å². The van der Waals surface area contributed by atoms with Gasteiger partial charge in [-0.1, -0.05) is 11.8 Å². The van der Waals surface area contributed by atoms with Crippen LogP contribution < -0.4 is 10.6 Å². The maximum atomic E-state index is 11.6. The van der Waals surface area contributed by atoms with E-state index < -0.39 is 11.9 Å². The Morgan fingerprint density at radius 2 is 2.27 bits per heavy atom. The lowest BCUT2D eigenvalue weighted by Crippen LogP contribution is -2.55. The molecule has 15 heavy (non-hydrogen) atoms. The van der Waals surface area contributed by atoms with Crippen LogP contribution in [0.1, 0.15) is 6.92 Å². The van der Waals surface area contributed by atoms with E-state index >= 15 is 0 Å². The predicted molar refractivity (Wildman–Crippen MR) is 59.1 cm³/mol. The summed E-state index contributed by atoms with van der Waals surface area (Å²) < 4.78 is 0. The van der Waals surface area contributed by atoms with Crippen molar-refractivity contribution in [2.24, 2.45) is 5.92 Å². The van der Waals surface area contributed by atoms with Crippen LogP contribution in [0.15, 0.2) is 10.5 Å². The fraction of sp³-hybridized carbons (Fsp3) is 0.375. The van der Waals surface area contributed by atoms with Crippen molar-refractivity contribution in [3.63, 3.8) is 0 Å². The molecule has 2 atom stereocenters. The molecule has 0 saturated carbocycles. The summed E-state index contributed by atoms with van der Waals surface area (Å²) in [4.78, 5) is 22.7. The standard InChI is InChI=1S/C8H8N2O3S2/c1-2-3-5(11)9-8(14)10-6(3)15-4(2)7(12)13/h3,6H,1H3,(H,12,13)(H2,9,10,11,14).